The fraction of sp³-hybridized carbons (Fsp3) is 0.857. The molecule has 0 aromatic heterocycles. The third-order valence-corrected chi connectivity index (χ3v) is 1.98. The lowest BCUT2D eigenvalue weighted by Gasteiger charge is -2.10. The normalized spacial score (nSPS) is 30.0. The van der Waals surface area contributed by atoms with Crippen molar-refractivity contribution in [3.05, 3.63) is 0 Å². The molecular formula is C7H14N2O2. The number of hydrogen-bond donors (Lipinski definition) is 2. The van der Waals surface area contributed by atoms with E-state index in [1.807, 2.05) is 0 Å². The smallest absolute Gasteiger partial charge is 0.407 e. The lowest BCUT2D eigenvalue weighted by Crippen LogP contribution is -2.33. The summed E-state index contributed by atoms with van der Waals surface area (Å²) < 4.78 is 4.46. The van der Waals surface area contributed by atoms with Gasteiger partial charge in [-0.05, 0) is 19.3 Å². The first-order valence-corrected chi connectivity index (χ1v) is 3.82. The van der Waals surface area contributed by atoms with Crippen molar-refractivity contribution in [2.75, 3.05) is 7.11 Å². The van der Waals surface area contributed by atoms with E-state index in [1.165, 1.54) is 7.11 Å². The molecule has 0 saturated heterocycles. The van der Waals surface area contributed by atoms with Gasteiger partial charge in [0.25, 0.3) is 0 Å². The Balaban J connectivity index is 2.23. The Morgan fingerprint density at radius 2 is 2.36 bits per heavy atom. The summed E-state index contributed by atoms with van der Waals surface area (Å²) in [5, 5.41) is 2.72. The summed E-state index contributed by atoms with van der Waals surface area (Å²) in [4.78, 5) is 10.7. The predicted molar refractivity (Wildman–Crippen MR) is 41.2 cm³/mol. The number of carbonyl (C=O) groups excluding carboxylic acids is 1. The van der Waals surface area contributed by atoms with Crippen LogP contribution >= 0.6 is 0 Å². The molecule has 64 valence electrons. The van der Waals surface area contributed by atoms with E-state index < -0.39 is 0 Å². The van der Waals surface area contributed by atoms with Crippen molar-refractivity contribution in [2.45, 2.75) is 31.3 Å². The zero-order valence-electron chi connectivity index (χ0n) is 6.67. The standard InChI is InChI=1S/C7H14N2O2/c1-11-7(10)9-6-3-2-5(8)4-6/h5-6H,2-4,8H2,1H3,(H,9,10). The maximum absolute atomic E-state index is 10.7. The van der Waals surface area contributed by atoms with E-state index >= 15 is 0 Å². The van der Waals surface area contributed by atoms with Crippen molar-refractivity contribution in [1.29, 1.82) is 0 Å². The minimum absolute atomic E-state index is 0.220. The number of hydrogen-bond acceptors (Lipinski definition) is 3. The molecule has 4 heteroatoms. The molecule has 11 heavy (non-hydrogen) atoms. The molecule has 0 bridgehead atoms. The molecule has 2 unspecified atom stereocenters. The number of rotatable bonds is 1. The summed E-state index contributed by atoms with van der Waals surface area (Å²) in [7, 11) is 1.37. The maximum atomic E-state index is 10.7. The minimum Gasteiger partial charge on any atom is -0.453 e. The topological polar surface area (TPSA) is 64.3 Å². The second-order valence-electron chi connectivity index (χ2n) is 2.91. The Morgan fingerprint density at radius 1 is 1.64 bits per heavy atom. The molecule has 1 rings (SSSR count). The van der Waals surface area contributed by atoms with E-state index in [2.05, 4.69) is 10.1 Å². The fourth-order valence-corrected chi connectivity index (χ4v) is 1.37. The van der Waals surface area contributed by atoms with Gasteiger partial charge in [0.1, 0.15) is 0 Å². The van der Waals surface area contributed by atoms with Crippen LogP contribution in [0, 0.1) is 0 Å². The van der Waals surface area contributed by atoms with Gasteiger partial charge in [0, 0.05) is 12.1 Å². The average Bonchev–Trinajstić information content (AvgIpc) is 2.35. The van der Waals surface area contributed by atoms with Crippen molar-refractivity contribution in [1.82, 2.24) is 5.32 Å². The summed E-state index contributed by atoms with van der Waals surface area (Å²) in [6.07, 6.45) is 2.48. The van der Waals surface area contributed by atoms with Crippen LogP contribution in [0.5, 0.6) is 0 Å². The van der Waals surface area contributed by atoms with Crippen LogP contribution in [0.15, 0.2) is 0 Å². The van der Waals surface area contributed by atoms with Crippen LogP contribution < -0.4 is 11.1 Å². The van der Waals surface area contributed by atoms with E-state index in [0.717, 1.165) is 19.3 Å². The Labute approximate surface area is 66.1 Å². The van der Waals surface area contributed by atoms with E-state index in [9.17, 15) is 4.79 Å². The molecule has 4 nitrogen and oxygen atoms in total. The van der Waals surface area contributed by atoms with Gasteiger partial charge in [-0.15, -0.1) is 0 Å². The zero-order chi connectivity index (χ0) is 8.27. The fourth-order valence-electron chi connectivity index (χ4n) is 1.37. The highest BCUT2D eigenvalue weighted by Gasteiger charge is 2.22. The lowest BCUT2D eigenvalue weighted by molar-refractivity contribution is 0.166. The first-order chi connectivity index (χ1) is 5.22. The van der Waals surface area contributed by atoms with Crippen molar-refractivity contribution < 1.29 is 9.53 Å². The molecule has 0 heterocycles. The number of carbonyl (C=O) groups is 1. The SMILES string of the molecule is COC(=O)NC1CCC(N)C1. The van der Waals surface area contributed by atoms with Gasteiger partial charge in [-0.25, -0.2) is 4.79 Å². The van der Waals surface area contributed by atoms with Crippen molar-refractivity contribution >= 4 is 6.09 Å². The highest BCUT2D eigenvalue weighted by molar-refractivity contribution is 5.67. The second kappa shape index (κ2) is 3.57. The van der Waals surface area contributed by atoms with Crippen molar-refractivity contribution in [2.24, 2.45) is 5.73 Å². The monoisotopic (exact) mass is 158 g/mol. The van der Waals surface area contributed by atoms with E-state index in [-0.39, 0.29) is 18.2 Å². The first kappa shape index (κ1) is 8.33. The van der Waals surface area contributed by atoms with Crippen molar-refractivity contribution in [3.8, 4) is 0 Å². The number of nitrogens with two attached hydrogens (primary N) is 1. The van der Waals surface area contributed by atoms with Gasteiger partial charge in [0.2, 0.25) is 0 Å². The van der Waals surface area contributed by atoms with Gasteiger partial charge in [0.15, 0.2) is 0 Å². The molecule has 1 aliphatic carbocycles. The Hall–Kier alpha value is -0.770. The summed E-state index contributed by atoms with van der Waals surface area (Å²) in [5.41, 5.74) is 5.65. The van der Waals surface area contributed by atoms with Gasteiger partial charge in [-0.2, -0.15) is 0 Å². The maximum Gasteiger partial charge on any atom is 0.407 e. The molecule has 0 spiro atoms. The quantitative estimate of drug-likeness (QED) is 0.574. The Bertz CT molecular complexity index is 149. The molecule has 0 radical (unpaired) electrons. The largest absolute Gasteiger partial charge is 0.453 e. The van der Waals surface area contributed by atoms with Crippen LogP contribution in [-0.4, -0.2) is 25.3 Å². The Kier molecular flexibility index (Phi) is 2.70. The highest BCUT2D eigenvalue weighted by atomic mass is 16.5. The third kappa shape index (κ3) is 2.38. The third-order valence-electron chi connectivity index (χ3n) is 1.98. The molecule has 0 aromatic rings. The van der Waals surface area contributed by atoms with Gasteiger partial charge in [0.05, 0.1) is 7.11 Å². The minimum atomic E-state index is -0.357. The molecule has 2 atom stereocenters. The summed E-state index contributed by atoms with van der Waals surface area (Å²) >= 11 is 0. The Morgan fingerprint density at radius 3 is 2.82 bits per heavy atom. The van der Waals surface area contributed by atoms with Crippen LogP contribution in [0.1, 0.15) is 19.3 Å². The van der Waals surface area contributed by atoms with E-state index in [0.29, 0.717) is 0 Å². The molecule has 1 saturated carbocycles. The number of amides is 1. The van der Waals surface area contributed by atoms with Gasteiger partial charge >= 0.3 is 6.09 Å². The van der Waals surface area contributed by atoms with Crippen LogP contribution in [0.2, 0.25) is 0 Å². The number of alkyl carbamates (subject to hydrolysis) is 1. The van der Waals surface area contributed by atoms with Gasteiger partial charge in [-0.3, -0.25) is 0 Å². The summed E-state index contributed by atoms with van der Waals surface area (Å²) in [6.45, 7) is 0. The summed E-state index contributed by atoms with van der Waals surface area (Å²) in [6, 6.07) is 0.467. The van der Waals surface area contributed by atoms with Crippen LogP contribution in [0.4, 0.5) is 4.79 Å². The predicted octanol–water partition coefficient (Wildman–Crippen LogP) is 0.222. The molecular weight excluding hydrogens is 144 g/mol. The number of nitrogens with one attached hydrogen (secondary N) is 1. The van der Waals surface area contributed by atoms with E-state index in [4.69, 9.17) is 5.73 Å². The van der Waals surface area contributed by atoms with Crippen molar-refractivity contribution in [3.63, 3.8) is 0 Å². The molecule has 1 fully saturated rings. The van der Waals surface area contributed by atoms with Crippen LogP contribution in [0.3, 0.4) is 0 Å². The molecule has 1 amide bonds. The summed E-state index contributed by atoms with van der Waals surface area (Å²) in [5.74, 6) is 0. The molecule has 3 N–H and O–H groups in total. The highest BCUT2D eigenvalue weighted by Crippen LogP contribution is 2.16. The van der Waals surface area contributed by atoms with Crippen LogP contribution in [0.25, 0.3) is 0 Å². The average molecular weight is 158 g/mol. The number of methoxy groups -OCH3 is 1. The lowest BCUT2D eigenvalue weighted by atomic mass is 10.2. The zero-order valence-corrected chi connectivity index (χ0v) is 6.67. The first-order valence-electron chi connectivity index (χ1n) is 3.82. The van der Waals surface area contributed by atoms with E-state index in [1.54, 1.807) is 0 Å². The molecule has 0 aromatic carbocycles. The molecule has 0 aliphatic heterocycles. The second-order valence-corrected chi connectivity index (χ2v) is 2.91. The number of ether oxygens (including phenoxy) is 1. The molecule has 1 aliphatic rings. The van der Waals surface area contributed by atoms with Gasteiger partial charge < -0.3 is 15.8 Å². The van der Waals surface area contributed by atoms with Crippen LogP contribution in [-0.2, 0) is 4.74 Å². The van der Waals surface area contributed by atoms with Gasteiger partial charge in [-0.1, -0.05) is 0 Å².